The lowest BCUT2D eigenvalue weighted by atomic mass is 9.78. The number of carbonyl (C=O) groups is 1. The maximum absolute atomic E-state index is 11.6. The van der Waals surface area contributed by atoms with E-state index in [0.717, 1.165) is 101 Å². The van der Waals surface area contributed by atoms with Gasteiger partial charge in [0.15, 0.2) is 0 Å². The molecule has 3 aromatic rings. The summed E-state index contributed by atoms with van der Waals surface area (Å²) in [6.45, 7) is 5.07. The van der Waals surface area contributed by atoms with Crippen molar-refractivity contribution in [2.75, 3.05) is 37.4 Å². The summed E-state index contributed by atoms with van der Waals surface area (Å²) in [5.74, 6) is 1.56. The molecule has 2 fully saturated rings. The van der Waals surface area contributed by atoms with Crippen LogP contribution in [-0.2, 0) is 29.4 Å². The van der Waals surface area contributed by atoms with Crippen LogP contribution in [0.2, 0.25) is 0 Å². The number of carboxylic acids is 1. The highest BCUT2D eigenvalue weighted by Gasteiger charge is 2.32. The summed E-state index contributed by atoms with van der Waals surface area (Å²) in [6.07, 6.45) is 13.6. The first kappa shape index (κ1) is 32.4. The molecule has 1 saturated heterocycles. The largest absolute Gasteiger partial charge is 0.481 e. The van der Waals surface area contributed by atoms with Gasteiger partial charge in [-0.1, -0.05) is 37.3 Å². The summed E-state index contributed by atoms with van der Waals surface area (Å²) in [4.78, 5) is 24.5. The van der Waals surface area contributed by atoms with Gasteiger partial charge in [0, 0.05) is 57.2 Å². The minimum Gasteiger partial charge on any atom is -0.481 e. The summed E-state index contributed by atoms with van der Waals surface area (Å²) in [6, 6.07) is 11.1. The van der Waals surface area contributed by atoms with Gasteiger partial charge in [0.2, 0.25) is 5.95 Å². The zero-order valence-corrected chi connectivity index (χ0v) is 27.7. The van der Waals surface area contributed by atoms with Crippen LogP contribution in [0.4, 0.5) is 11.8 Å². The van der Waals surface area contributed by atoms with Gasteiger partial charge in [-0.2, -0.15) is 10.1 Å². The number of rotatable bonds is 12. The van der Waals surface area contributed by atoms with Gasteiger partial charge in [-0.25, -0.2) is 4.98 Å². The van der Waals surface area contributed by atoms with E-state index in [9.17, 15) is 9.90 Å². The first-order valence-electron chi connectivity index (χ1n) is 17.3. The van der Waals surface area contributed by atoms with E-state index in [0.29, 0.717) is 23.9 Å². The molecule has 0 radical (unpaired) electrons. The van der Waals surface area contributed by atoms with Gasteiger partial charge in [-0.15, -0.1) is 0 Å². The number of aromatic nitrogens is 4. The van der Waals surface area contributed by atoms with Crippen molar-refractivity contribution in [3.8, 4) is 0 Å². The Hall–Kier alpha value is -3.50. The van der Waals surface area contributed by atoms with Crippen LogP contribution in [0.1, 0.15) is 92.6 Å². The van der Waals surface area contributed by atoms with Gasteiger partial charge in [0.1, 0.15) is 5.82 Å². The molecule has 6 rings (SSSR count). The van der Waals surface area contributed by atoms with E-state index in [-0.39, 0.29) is 18.0 Å². The van der Waals surface area contributed by atoms with E-state index >= 15 is 0 Å². The number of fused-ring (bicyclic) bond motifs is 1. The monoisotopic (exact) mass is 629 g/mol. The van der Waals surface area contributed by atoms with Crippen LogP contribution in [0.15, 0.2) is 42.7 Å². The molecule has 3 heterocycles. The van der Waals surface area contributed by atoms with Crippen LogP contribution >= 0.6 is 0 Å². The maximum Gasteiger partial charge on any atom is 0.306 e. The molecule has 10 nitrogen and oxygen atoms in total. The zero-order valence-electron chi connectivity index (χ0n) is 27.7. The number of hydrogen-bond acceptors (Lipinski definition) is 8. The minimum absolute atomic E-state index is 0.0185. The molecule has 46 heavy (non-hydrogen) atoms. The molecule has 3 N–H and O–H groups in total. The molecule has 0 amide bonds. The van der Waals surface area contributed by atoms with Gasteiger partial charge in [-0.3, -0.25) is 9.48 Å². The molecule has 3 atom stereocenters. The Morgan fingerprint density at radius 1 is 1.04 bits per heavy atom. The molecule has 2 aromatic heterocycles. The van der Waals surface area contributed by atoms with E-state index in [1.165, 1.54) is 11.1 Å². The number of ether oxygens (including phenoxy) is 1. The van der Waals surface area contributed by atoms with E-state index in [1.54, 1.807) is 0 Å². The second-order valence-electron chi connectivity index (χ2n) is 13.7. The number of carboxylic acid groups (broad SMARTS) is 1. The third-order valence-corrected chi connectivity index (χ3v) is 10.7. The molecular weight excluding hydrogens is 578 g/mol. The van der Waals surface area contributed by atoms with Gasteiger partial charge in [-0.05, 0) is 81.6 Å². The first-order chi connectivity index (χ1) is 22.4. The normalized spacial score (nSPS) is 23.8. The predicted molar refractivity (Wildman–Crippen MR) is 180 cm³/mol. The van der Waals surface area contributed by atoms with E-state index in [2.05, 4.69) is 64.1 Å². The van der Waals surface area contributed by atoms with Crippen LogP contribution in [0.5, 0.6) is 0 Å². The van der Waals surface area contributed by atoms with Crippen molar-refractivity contribution in [1.82, 2.24) is 24.6 Å². The van der Waals surface area contributed by atoms with Gasteiger partial charge in [0.25, 0.3) is 0 Å². The fraction of sp³-hybridized carbons (Fsp3) is 0.611. The van der Waals surface area contributed by atoms with Crippen molar-refractivity contribution in [3.05, 3.63) is 65.1 Å². The van der Waals surface area contributed by atoms with Crippen molar-refractivity contribution < 1.29 is 14.6 Å². The Morgan fingerprint density at radius 3 is 2.46 bits per heavy atom. The summed E-state index contributed by atoms with van der Waals surface area (Å²) in [5.41, 5.74) is 4.86. The van der Waals surface area contributed by atoms with Crippen LogP contribution in [0.25, 0.3) is 0 Å². The molecule has 3 aliphatic rings. The van der Waals surface area contributed by atoms with Crippen molar-refractivity contribution in [2.24, 2.45) is 18.9 Å². The number of methoxy groups -OCH3 is 1. The van der Waals surface area contributed by atoms with Crippen LogP contribution in [0, 0.1) is 11.8 Å². The second kappa shape index (κ2) is 14.9. The van der Waals surface area contributed by atoms with E-state index in [1.807, 2.05) is 25.0 Å². The standard InChI is InChI=1S/C36H51N7O3/c1-4-31(25-10-12-26(13-11-25)35(44)45)39-36-40-32-15-14-27(24-8-6-5-7-9-24)20-30(32)34(41-36)38-33(28-21-37-42(2)22-28)23-43-18-16-29(46-3)17-19-43/h5-9,21-22,25-27,29,31,33H,4,10-20,23H2,1-3H3,(H,44,45)(H2,38,39,40,41)/t25?,26?,27-,31-,33+/m1/s1. The van der Waals surface area contributed by atoms with Gasteiger partial charge >= 0.3 is 5.97 Å². The topological polar surface area (TPSA) is 117 Å². The lowest BCUT2D eigenvalue weighted by molar-refractivity contribution is -0.143. The molecule has 0 bridgehead atoms. The van der Waals surface area contributed by atoms with Crippen LogP contribution < -0.4 is 10.6 Å². The smallest absolute Gasteiger partial charge is 0.306 e. The lowest BCUT2D eigenvalue weighted by Gasteiger charge is -2.35. The highest BCUT2D eigenvalue weighted by molar-refractivity contribution is 5.70. The third kappa shape index (κ3) is 7.72. The number of hydrogen-bond donors (Lipinski definition) is 3. The molecule has 0 unspecified atom stereocenters. The van der Waals surface area contributed by atoms with Crippen molar-refractivity contribution >= 4 is 17.7 Å². The number of aliphatic carboxylic acids is 1. The highest BCUT2D eigenvalue weighted by Crippen LogP contribution is 2.38. The summed E-state index contributed by atoms with van der Waals surface area (Å²) >= 11 is 0. The SMILES string of the molecule is CC[C@@H](Nc1nc2c(c(N[C@@H](CN3CCC(OC)CC3)c3cnn(C)c3)n1)C[C@H](c1ccccc1)CC2)C1CCC(C(=O)O)CC1. The Morgan fingerprint density at radius 2 is 1.80 bits per heavy atom. The highest BCUT2D eigenvalue weighted by atomic mass is 16.5. The van der Waals surface area contributed by atoms with Crippen LogP contribution in [0.3, 0.4) is 0 Å². The minimum atomic E-state index is -0.659. The average molecular weight is 630 g/mol. The average Bonchev–Trinajstić information content (AvgIpc) is 3.53. The molecule has 1 saturated carbocycles. The van der Waals surface area contributed by atoms with Crippen molar-refractivity contribution in [2.45, 2.75) is 95.2 Å². The predicted octanol–water partition coefficient (Wildman–Crippen LogP) is 5.83. The summed E-state index contributed by atoms with van der Waals surface area (Å²) < 4.78 is 7.52. The lowest BCUT2D eigenvalue weighted by Crippen LogP contribution is -2.40. The molecule has 10 heteroatoms. The number of piperidine rings is 1. The Bertz CT molecular complexity index is 1430. The van der Waals surface area contributed by atoms with E-state index in [4.69, 9.17) is 14.7 Å². The molecule has 2 aliphatic carbocycles. The second-order valence-corrected chi connectivity index (χ2v) is 13.7. The number of nitrogens with one attached hydrogen (secondary N) is 2. The van der Waals surface area contributed by atoms with Crippen LogP contribution in [-0.4, -0.2) is 74.6 Å². The molecule has 1 aliphatic heterocycles. The fourth-order valence-corrected chi connectivity index (χ4v) is 7.90. The maximum atomic E-state index is 11.6. The number of nitrogens with zero attached hydrogens (tertiary/aromatic N) is 5. The first-order valence-corrected chi connectivity index (χ1v) is 17.3. The molecule has 1 aromatic carbocycles. The van der Waals surface area contributed by atoms with Crippen molar-refractivity contribution in [3.63, 3.8) is 0 Å². The Balaban J connectivity index is 1.28. The molecular formula is C36H51N7O3. The Labute approximate surface area is 273 Å². The fourth-order valence-electron chi connectivity index (χ4n) is 7.90. The summed E-state index contributed by atoms with van der Waals surface area (Å²) in [5, 5.41) is 21.7. The zero-order chi connectivity index (χ0) is 32.0. The quantitative estimate of drug-likeness (QED) is 0.228. The van der Waals surface area contributed by atoms with Gasteiger partial charge in [0.05, 0.1) is 30.0 Å². The number of anilines is 2. The number of aryl methyl sites for hydroxylation is 2. The Kier molecular flexibility index (Phi) is 10.5. The number of likely N-dealkylation sites (tertiary alicyclic amines) is 1. The molecule has 0 spiro atoms. The number of benzene rings is 1. The van der Waals surface area contributed by atoms with E-state index < -0.39 is 5.97 Å². The summed E-state index contributed by atoms with van der Waals surface area (Å²) in [7, 11) is 3.79. The third-order valence-electron chi connectivity index (χ3n) is 10.7. The molecule has 248 valence electrons. The van der Waals surface area contributed by atoms with Crippen molar-refractivity contribution in [1.29, 1.82) is 0 Å². The van der Waals surface area contributed by atoms with Gasteiger partial charge < -0.3 is 25.4 Å².